The van der Waals surface area contributed by atoms with Crippen molar-refractivity contribution in [1.82, 2.24) is 0 Å². The molecule has 1 aliphatic rings. The van der Waals surface area contributed by atoms with Crippen molar-refractivity contribution in [2.24, 2.45) is 4.99 Å². The molecule has 0 atom stereocenters. The highest BCUT2D eigenvalue weighted by molar-refractivity contribution is 7.16. The third-order valence-corrected chi connectivity index (χ3v) is 5.94. The van der Waals surface area contributed by atoms with Crippen LogP contribution in [0.2, 0.25) is 0 Å². The molecule has 4 rings (SSSR count). The molecule has 3 nitrogen and oxygen atoms in total. The lowest BCUT2D eigenvalue weighted by Gasteiger charge is -2.09. The number of nitriles is 1. The van der Waals surface area contributed by atoms with E-state index in [-0.39, 0.29) is 0 Å². The van der Waals surface area contributed by atoms with Crippen LogP contribution in [-0.2, 0) is 19.4 Å². The molecule has 27 heavy (non-hydrogen) atoms. The van der Waals surface area contributed by atoms with Gasteiger partial charge in [0.1, 0.15) is 23.4 Å². The van der Waals surface area contributed by atoms with Gasteiger partial charge in [-0.1, -0.05) is 42.5 Å². The molecule has 3 aromatic rings. The Bertz CT molecular complexity index is 999. The van der Waals surface area contributed by atoms with Crippen LogP contribution >= 0.6 is 11.3 Å². The molecule has 4 heteroatoms. The summed E-state index contributed by atoms with van der Waals surface area (Å²) < 4.78 is 6.00. The Hall–Kier alpha value is -2.90. The van der Waals surface area contributed by atoms with Gasteiger partial charge in [0.05, 0.1) is 5.56 Å². The van der Waals surface area contributed by atoms with Crippen molar-refractivity contribution in [2.75, 3.05) is 0 Å². The van der Waals surface area contributed by atoms with Gasteiger partial charge in [-0.05, 0) is 48.9 Å². The van der Waals surface area contributed by atoms with Crippen LogP contribution in [0.15, 0.2) is 59.6 Å². The summed E-state index contributed by atoms with van der Waals surface area (Å²) in [6.07, 6.45) is 6.26. The molecule has 1 heterocycles. The zero-order chi connectivity index (χ0) is 18.5. The molecule has 0 unspecified atom stereocenters. The van der Waals surface area contributed by atoms with E-state index in [1.54, 1.807) is 11.3 Å². The highest BCUT2D eigenvalue weighted by atomic mass is 32.1. The number of benzene rings is 2. The van der Waals surface area contributed by atoms with Crippen molar-refractivity contribution < 1.29 is 4.74 Å². The number of thiophene rings is 1. The van der Waals surface area contributed by atoms with Crippen LogP contribution in [0.25, 0.3) is 0 Å². The van der Waals surface area contributed by atoms with Gasteiger partial charge < -0.3 is 4.74 Å². The van der Waals surface area contributed by atoms with Gasteiger partial charge in [0.15, 0.2) is 0 Å². The topological polar surface area (TPSA) is 45.4 Å². The highest BCUT2D eigenvalue weighted by Crippen LogP contribution is 2.39. The van der Waals surface area contributed by atoms with Crippen LogP contribution in [0.4, 0.5) is 5.00 Å². The molecule has 2 aromatic carbocycles. The summed E-state index contributed by atoms with van der Waals surface area (Å²) in [6.45, 7) is 0.516. The fourth-order valence-electron chi connectivity index (χ4n) is 3.34. The first-order chi connectivity index (χ1) is 13.3. The minimum atomic E-state index is 0.516. The Labute approximate surface area is 163 Å². The number of nitrogens with zero attached hydrogens (tertiary/aromatic N) is 2. The van der Waals surface area contributed by atoms with Crippen molar-refractivity contribution in [2.45, 2.75) is 32.3 Å². The highest BCUT2D eigenvalue weighted by Gasteiger charge is 2.20. The molecular weight excluding hydrogens is 352 g/mol. The maximum absolute atomic E-state index is 9.58. The Balaban J connectivity index is 1.56. The van der Waals surface area contributed by atoms with Gasteiger partial charge in [0.2, 0.25) is 0 Å². The molecule has 0 bridgehead atoms. The lowest BCUT2D eigenvalue weighted by atomic mass is 9.96. The SMILES string of the molecule is N#Cc1c(N=Cc2ccccc2OCc2ccccc2)sc2c1CCCC2. The number of hydrogen-bond donors (Lipinski definition) is 0. The predicted molar refractivity (Wildman–Crippen MR) is 110 cm³/mol. The quantitative estimate of drug-likeness (QED) is 0.529. The van der Waals surface area contributed by atoms with Gasteiger partial charge in [-0.3, -0.25) is 0 Å². The molecule has 0 aliphatic heterocycles. The molecule has 0 spiro atoms. The Morgan fingerprint density at radius 1 is 1.04 bits per heavy atom. The molecular formula is C23H20N2OS. The third kappa shape index (κ3) is 3.94. The number of ether oxygens (including phenoxy) is 1. The van der Waals surface area contributed by atoms with Crippen molar-refractivity contribution in [3.05, 3.63) is 81.7 Å². The molecule has 1 aromatic heterocycles. The summed E-state index contributed by atoms with van der Waals surface area (Å²) in [4.78, 5) is 5.99. The number of rotatable bonds is 5. The van der Waals surface area contributed by atoms with Gasteiger partial charge in [-0.15, -0.1) is 11.3 Å². The van der Waals surface area contributed by atoms with E-state index in [9.17, 15) is 5.26 Å². The Morgan fingerprint density at radius 2 is 1.81 bits per heavy atom. The predicted octanol–water partition coefficient (Wildman–Crippen LogP) is 5.83. The summed E-state index contributed by atoms with van der Waals surface area (Å²) in [5.41, 5.74) is 4.02. The van der Waals surface area contributed by atoms with E-state index in [1.807, 2.05) is 60.8 Å². The molecule has 0 radical (unpaired) electrons. The molecule has 0 amide bonds. The monoisotopic (exact) mass is 372 g/mol. The number of aryl methyl sites for hydroxylation is 1. The van der Waals surface area contributed by atoms with Gasteiger partial charge in [-0.2, -0.15) is 5.26 Å². The van der Waals surface area contributed by atoms with E-state index in [0.29, 0.717) is 6.61 Å². The van der Waals surface area contributed by atoms with E-state index in [1.165, 1.54) is 16.9 Å². The van der Waals surface area contributed by atoms with E-state index in [4.69, 9.17) is 4.74 Å². The normalized spacial score (nSPS) is 13.3. The van der Waals surface area contributed by atoms with Crippen LogP contribution < -0.4 is 4.74 Å². The average molecular weight is 372 g/mol. The standard InChI is InChI=1S/C23H20N2OS/c24-14-20-19-11-5-7-13-22(19)27-23(20)25-15-18-10-4-6-12-21(18)26-16-17-8-2-1-3-9-17/h1-4,6,8-10,12,15H,5,7,11,13,16H2. The summed E-state index contributed by atoms with van der Waals surface area (Å²) in [7, 11) is 0. The minimum absolute atomic E-state index is 0.516. The second kappa shape index (κ2) is 8.20. The first-order valence-corrected chi connectivity index (χ1v) is 10.0. The number of para-hydroxylation sites is 1. The lowest BCUT2D eigenvalue weighted by Crippen LogP contribution is -1.99. The van der Waals surface area contributed by atoms with E-state index in [2.05, 4.69) is 11.1 Å². The first kappa shape index (κ1) is 17.5. The number of hydrogen-bond acceptors (Lipinski definition) is 4. The molecule has 1 aliphatic carbocycles. The van der Waals surface area contributed by atoms with Gasteiger partial charge in [0, 0.05) is 16.7 Å². The maximum Gasteiger partial charge on any atom is 0.134 e. The second-order valence-electron chi connectivity index (χ2n) is 6.57. The summed E-state index contributed by atoms with van der Waals surface area (Å²) in [6, 6.07) is 20.4. The minimum Gasteiger partial charge on any atom is -0.488 e. The van der Waals surface area contributed by atoms with Crippen molar-refractivity contribution >= 4 is 22.6 Å². The number of aliphatic imine (C=N–C) groups is 1. The van der Waals surface area contributed by atoms with Crippen LogP contribution in [0.1, 0.15) is 40.0 Å². The maximum atomic E-state index is 9.58. The summed E-state index contributed by atoms with van der Waals surface area (Å²) >= 11 is 1.66. The zero-order valence-corrected chi connectivity index (χ0v) is 15.8. The Morgan fingerprint density at radius 3 is 2.67 bits per heavy atom. The van der Waals surface area contributed by atoms with Crippen LogP contribution in [0, 0.1) is 11.3 Å². The average Bonchev–Trinajstić information content (AvgIpc) is 3.09. The van der Waals surface area contributed by atoms with Gasteiger partial charge >= 0.3 is 0 Å². The van der Waals surface area contributed by atoms with E-state index in [0.717, 1.165) is 46.7 Å². The third-order valence-electron chi connectivity index (χ3n) is 4.74. The smallest absolute Gasteiger partial charge is 0.134 e. The Kier molecular flexibility index (Phi) is 5.32. The zero-order valence-electron chi connectivity index (χ0n) is 15.0. The number of fused-ring (bicyclic) bond motifs is 1. The van der Waals surface area contributed by atoms with Crippen molar-refractivity contribution in [1.29, 1.82) is 5.26 Å². The lowest BCUT2D eigenvalue weighted by molar-refractivity contribution is 0.306. The largest absolute Gasteiger partial charge is 0.488 e. The van der Waals surface area contributed by atoms with Crippen molar-refractivity contribution in [3.63, 3.8) is 0 Å². The van der Waals surface area contributed by atoms with Gasteiger partial charge in [-0.25, -0.2) is 4.99 Å². The molecule has 0 N–H and O–H groups in total. The van der Waals surface area contributed by atoms with Crippen LogP contribution in [0.5, 0.6) is 5.75 Å². The molecule has 0 saturated heterocycles. The summed E-state index contributed by atoms with van der Waals surface area (Å²) in [5.74, 6) is 0.796. The van der Waals surface area contributed by atoms with Crippen molar-refractivity contribution in [3.8, 4) is 11.8 Å². The second-order valence-corrected chi connectivity index (χ2v) is 7.66. The fraction of sp³-hybridized carbons (Fsp3) is 0.217. The van der Waals surface area contributed by atoms with Crippen LogP contribution in [0.3, 0.4) is 0 Å². The first-order valence-electron chi connectivity index (χ1n) is 9.19. The molecule has 134 valence electrons. The van der Waals surface area contributed by atoms with Crippen LogP contribution in [-0.4, -0.2) is 6.21 Å². The molecule has 0 saturated carbocycles. The van der Waals surface area contributed by atoms with E-state index >= 15 is 0 Å². The fourth-order valence-corrected chi connectivity index (χ4v) is 4.52. The summed E-state index contributed by atoms with van der Waals surface area (Å²) in [5, 5.41) is 10.4. The van der Waals surface area contributed by atoms with Gasteiger partial charge in [0.25, 0.3) is 0 Å². The van der Waals surface area contributed by atoms with E-state index < -0.39 is 0 Å². The molecule has 0 fully saturated rings.